The molecule has 0 aliphatic rings. The molecule has 0 saturated carbocycles. The quantitative estimate of drug-likeness (QED) is 0.0360. The monoisotopic (exact) mass is 913 g/mol. The van der Waals surface area contributed by atoms with Crippen molar-refractivity contribution in [3.05, 3.63) is 132 Å². The first kappa shape index (κ1) is 50.6. The van der Waals surface area contributed by atoms with E-state index in [-0.39, 0.29) is 24.5 Å². The minimum atomic E-state index is -4.37. The third-order valence-electron chi connectivity index (χ3n) is 9.00. The lowest BCUT2D eigenvalue weighted by Crippen LogP contribution is -2.59. The molecule has 65 heavy (non-hydrogen) atoms. The summed E-state index contributed by atoms with van der Waals surface area (Å²) < 4.78 is 46.7. The zero-order valence-electron chi connectivity index (χ0n) is 37.1. The van der Waals surface area contributed by atoms with Gasteiger partial charge in [-0.25, -0.2) is 4.79 Å². The summed E-state index contributed by atoms with van der Waals surface area (Å²) >= 11 is 0. The van der Waals surface area contributed by atoms with Crippen molar-refractivity contribution in [3.63, 3.8) is 0 Å². The molecule has 0 saturated heterocycles. The largest absolute Gasteiger partial charge is 0.460 e. The second-order valence-corrected chi connectivity index (χ2v) is 17.7. The number of rotatable bonds is 21. The van der Waals surface area contributed by atoms with Crippen LogP contribution in [0.3, 0.4) is 0 Å². The molecule has 0 radical (unpaired) electrons. The Balaban J connectivity index is 1.62. The topological polar surface area (TPSA) is 234 Å². The second kappa shape index (κ2) is 23.6. The fourth-order valence-electron chi connectivity index (χ4n) is 6.05. The maximum atomic E-state index is 14.4. The predicted molar refractivity (Wildman–Crippen MR) is 241 cm³/mol. The van der Waals surface area contributed by atoms with Crippen LogP contribution in [0, 0.1) is 5.92 Å². The number of ether oxygens (including phenoxy) is 3. The van der Waals surface area contributed by atoms with Crippen molar-refractivity contribution in [2.24, 2.45) is 5.92 Å². The summed E-state index contributed by atoms with van der Waals surface area (Å²) in [4.78, 5) is 85.9. The van der Waals surface area contributed by atoms with Gasteiger partial charge >= 0.3 is 28.1 Å². The van der Waals surface area contributed by atoms with Crippen LogP contribution in [-0.2, 0) is 61.3 Å². The van der Waals surface area contributed by atoms with Gasteiger partial charge in [-0.15, -0.1) is 0 Å². The molecule has 4 amide bonds. The lowest BCUT2D eigenvalue weighted by Gasteiger charge is -2.28. The van der Waals surface area contributed by atoms with E-state index in [0.717, 1.165) is 11.5 Å². The van der Waals surface area contributed by atoms with Gasteiger partial charge in [0.05, 0.1) is 35.6 Å². The Morgan fingerprint density at radius 2 is 1.37 bits per heavy atom. The van der Waals surface area contributed by atoms with E-state index in [1.54, 1.807) is 107 Å². The summed E-state index contributed by atoms with van der Waals surface area (Å²) in [6, 6.07) is 21.4. The number of alkyl carbamates (subject to hydrolysis) is 1. The van der Waals surface area contributed by atoms with Crippen molar-refractivity contribution in [2.45, 2.75) is 97.2 Å². The van der Waals surface area contributed by atoms with Crippen molar-refractivity contribution in [1.82, 2.24) is 26.3 Å². The number of carbonyl (C=O) groups is 6. The molecule has 3 aromatic carbocycles. The van der Waals surface area contributed by atoms with Crippen molar-refractivity contribution in [1.29, 1.82) is 0 Å². The molecule has 18 heteroatoms. The predicted octanol–water partition coefficient (Wildman–Crippen LogP) is 5.30. The number of nitrogens with zero attached hydrogens (tertiary/aromatic N) is 1. The Labute approximate surface area is 378 Å². The van der Waals surface area contributed by atoms with E-state index in [0.29, 0.717) is 22.2 Å². The van der Waals surface area contributed by atoms with Crippen molar-refractivity contribution in [3.8, 4) is 5.75 Å². The Morgan fingerprint density at radius 3 is 2.02 bits per heavy atom. The van der Waals surface area contributed by atoms with E-state index in [2.05, 4.69) is 32.8 Å². The number of para-hydroxylation sites is 2. The maximum Gasteiger partial charge on any atom is 0.408 e. The number of benzene rings is 3. The van der Waals surface area contributed by atoms with Gasteiger partial charge in [0, 0.05) is 17.5 Å². The molecule has 0 bridgehead atoms. The van der Waals surface area contributed by atoms with E-state index < -0.39 is 94.4 Å². The number of carbonyl (C=O) groups excluding carboxylic acids is 6. The maximum absolute atomic E-state index is 14.4. The average Bonchev–Trinajstić information content (AvgIpc) is 3.22. The minimum Gasteiger partial charge on any atom is -0.460 e. The highest BCUT2D eigenvalue weighted by Crippen LogP contribution is 2.17. The van der Waals surface area contributed by atoms with Gasteiger partial charge in [-0.3, -0.25) is 29.0 Å². The fraction of sp³-hybridized carbons (Fsp3) is 0.340. The Morgan fingerprint density at radius 1 is 0.738 bits per heavy atom. The summed E-state index contributed by atoms with van der Waals surface area (Å²) in [5, 5.41) is 11.8. The van der Waals surface area contributed by atoms with E-state index in [9.17, 15) is 37.2 Å². The molecule has 4 atom stereocenters. The Kier molecular flexibility index (Phi) is 18.3. The molecule has 4 rings (SSSR count). The van der Waals surface area contributed by atoms with Crippen LogP contribution in [0.5, 0.6) is 5.75 Å². The molecule has 0 fully saturated rings. The van der Waals surface area contributed by atoms with Crippen LogP contribution in [0.1, 0.15) is 65.6 Å². The third kappa shape index (κ3) is 17.9. The van der Waals surface area contributed by atoms with Crippen molar-refractivity contribution in [2.75, 3.05) is 0 Å². The van der Waals surface area contributed by atoms with Crippen LogP contribution in [0.4, 0.5) is 4.79 Å². The smallest absolute Gasteiger partial charge is 0.408 e. The third-order valence-corrected chi connectivity index (χ3v) is 9.91. The number of hydrogen-bond donors (Lipinski definition) is 4. The molecular weight excluding hydrogens is 859 g/mol. The SMILES string of the molecule is C=C(C)OC(=O)C[C@H](NC(=O)OCc1ccccc1)C(=O)N[C@@H](Cc1ccc2ccccc2n1)C(=O)N[C@H](C(=O)N[C@H](/C=C/S(=O)(=O)Oc1ccccc1)CC(=O)OC(C)(C)C)C(C)C. The van der Waals surface area contributed by atoms with Crippen LogP contribution >= 0.6 is 0 Å². The molecule has 0 spiro atoms. The van der Waals surface area contributed by atoms with Gasteiger partial charge in [0.15, 0.2) is 0 Å². The molecule has 1 aromatic heterocycles. The van der Waals surface area contributed by atoms with Gasteiger partial charge < -0.3 is 39.7 Å². The summed E-state index contributed by atoms with van der Waals surface area (Å²) in [6.07, 6.45) is -1.39. The minimum absolute atomic E-state index is 0.0319. The zero-order valence-corrected chi connectivity index (χ0v) is 37.9. The van der Waals surface area contributed by atoms with Crippen LogP contribution < -0.4 is 25.5 Å². The van der Waals surface area contributed by atoms with Gasteiger partial charge in [-0.2, -0.15) is 8.42 Å². The molecule has 4 N–H and O–H groups in total. The molecular formula is C47H55N5O12S. The lowest BCUT2D eigenvalue weighted by molar-refractivity contribution is -0.155. The van der Waals surface area contributed by atoms with E-state index in [1.165, 1.54) is 19.1 Å². The standard InChI is InChI=1S/C47H55N5O12S/c1-30(2)42(45(57)49-35(27-41(54)63-47(5,6)7)24-25-65(59,60)64-36-19-12-9-13-20-36)52-44(56)38(26-34-23-22-33-18-14-15-21-37(33)48-34)50-43(55)39(28-40(53)62-31(3)4)51-46(58)61-29-32-16-10-8-11-17-32/h8-25,30,35,38-39,42H,3,26-29H2,1-2,4-7H3,(H,49,57)(H,50,55)(H,51,58)(H,52,56)/b25-24+/t35-,38+,39+,42+/m1/s1. The van der Waals surface area contributed by atoms with Crippen LogP contribution in [0.25, 0.3) is 10.9 Å². The first-order valence-electron chi connectivity index (χ1n) is 20.6. The summed E-state index contributed by atoms with van der Waals surface area (Å²) in [5.41, 5.74) is 0.708. The number of allylic oxidation sites excluding steroid dienone is 1. The van der Waals surface area contributed by atoms with Gasteiger partial charge in [-0.05, 0) is 69.5 Å². The van der Waals surface area contributed by atoms with Gasteiger partial charge in [0.2, 0.25) is 17.7 Å². The molecule has 0 unspecified atom stereocenters. The zero-order chi connectivity index (χ0) is 47.7. The van der Waals surface area contributed by atoms with Gasteiger partial charge in [-0.1, -0.05) is 93.2 Å². The van der Waals surface area contributed by atoms with Crippen LogP contribution in [0.15, 0.2) is 121 Å². The molecule has 17 nitrogen and oxygen atoms in total. The highest BCUT2D eigenvalue weighted by molar-refractivity contribution is 7.90. The number of amides is 4. The first-order chi connectivity index (χ1) is 30.7. The number of fused-ring (bicyclic) bond motifs is 1. The summed E-state index contributed by atoms with van der Waals surface area (Å²) in [5.74, 6) is -4.88. The first-order valence-corrected chi connectivity index (χ1v) is 22.1. The Hall–Kier alpha value is -7.08. The van der Waals surface area contributed by atoms with Crippen LogP contribution in [0.2, 0.25) is 0 Å². The molecule has 0 aliphatic heterocycles. The highest BCUT2D eigenvalue weighted by atomic mass is 32.2. The number of esters is 2. The van der Waals surface area contributed by atoms with Gasteiger partial charge in [0.25, 0.3) is 0 Å². The molecule has 346 valence electrons. The van der Waals surface area contributed by atoms with Crippen LogP contribution in [-0.4, -0.2) is 78.9 Å². The van der Waals surface area contributed by atoms with E-state index >= 15 is 0 Å². The average molecular weight is 914 g/mol. The molecule has 1 heterocycles. The second-order valence-electron chi connectivity index (χ2n) is 16.3. The van der Waals surface area contributed by atoms with Crippen molar-refractivity contribution >= 4 is 56.8 Å². The fourth-order valence-corrected chi connectivity index (χ4v) is 6.87. The number of nitrogens with one attached hydrogen (secondary N) is 4. The molecule has 0 aliphatic carbocycles. The molecule has 4 aromatic rings. The summed E-state index contributed by atoms with van der Waals surface area (Å²) in [7, 11) is -4.37. The number of pyridine rings is 1. The normalized spacial score (nSPS) is 13.4. The summed E-state index contributed by atoms with van der Waals surface area (Å²) in [6.45, 7) is 13.0. The number of hydrogen-bond acceptors (Lipinski definition) is 13. The number of aromatic nitrogens is 1. The lowest BCUT2D eigenvalue weighted by atomic mass is 10.0. The highest BCUT2D eigenvalue weighted by Gasteiger charge is 2.34. The van der Waals surface area contributed by atoms with Crippen molar-refractivity contribution < 1.29 is 55.6 Å². The van der Waals surface area contributed by atoms with E-state index in [4.69, 9.17) is 18.4 Å². The van der Waals surface area contributed by atoms with E-state index in [1.807, 2.05) is 12.1 Å². The van der Waals surface area contributed by atoms with Gasteiger partial charge in [0.1, 0.15) is 36.1 Å². The Bertz CT molecular complexity index is 2460.